The van der Waals surface area contributed by atoms with Gasteiger partial charge in [-0.3, -0.25) is 9.59 Å². The van der Waals surface area contributed by atoms with E-state index in [1.54, 1.807) is 6.08 Å². The largest absolute Gasteiger partial charge is 0.466 e. The number of hydrogen-bond donors (Lipinski definition) is 0. The zero-order valence-corrected chi connectivity index (χ0v) is 12.9. The molecule has 0 rings (SSSR count). The molecule has 0 aromatic heterocycles. The second-order valence-corrected chi connectivity index (χ2v) is 4.96. The molecule has 0 radical (unpaired) electrons. The molecule has 0 amide bonds. The van der Waals surface area contributed by atoms with E-state index < -0.39 is 0 Å². The minimum atomic E-state index is -0.212. The zero-order valence-electron chi connectivity index (χ0n) is 12.9. The molecule has 0 bridgehead atoms. The number of rotatable bonds is 12. The monoisotopic (exact) mass is 284 g/mol. The molecule has 1 atom stereocenters. The quantitative estimate of drug-likeness (QED) is 0.311. The number of carbonyl (C=O) groups excluding carboxylic acids is 2. The first-order valence-corrected chi connectivity index (χ1v) is 7.56. The van der Waals surface area contributed by atoms with Gasteiger partial charge >= 0.3 is 11.9 Å². The molecule has 0 N–H and O–H groups in total. The van der Waals surface area contributed by atoms with Gasteiger partial charge in [0.05, 0.1) is 6.61 Å². The van der Waals surface area contributed by atoms with E-state index in [2.05, 4.69) is 13.5 Å². The van der Waals surface area contributed by atoms with Gasteiger partial charge in [-0.15, -0.1) is 6.58 Å². The highest BCUT2D eigenvalue weighted by atomic mass is 16.5. The van der Waals surface area contributed by atoms with Crippen LogP contribution in [-0.2, 0) is 19.1 Å². The highest BCUT2D eigenvalue weighted by molar-refractivity contribution is 5.70. The lowest BCUT2D eigenvalue weighted by Gasteiger charge is -2.10. The zero-order chi connectivity index (χ0) is 15.2. The van der Waals surface area contributed by atoms with Crippen molar-refractivity contribution in [2.24, 2.45) is 0 Å². The average molecular weight is 284 g/mol. The molecule has 0 fully saturated rings. The van der Waals surface area contributed by atoms with Gasteiger partial charge in [0.2, 0.25) is 0 Å². The summed E-state index contributed by atoms with van der Waals surface area (Å²) in [6.07, 6.45) is 7.45. The van der Waals surface area contributed by atoms with E-state index >= 15 is 0 Å². The summed E-state index contributed by atoms with van der Waals surface area (Å²) in [5, 5.41) is 0. The highest BCUT2D eigenvalue weighted by Crippen LogP contribution is 2.06. The molecule has 1 unspecified atom stereocenters. The second-order valence-electron chi connectivity index (χ2n) is 4.96. The molecule has 20 heavy (non-hydrogen) atoms. The Hall–Kier alpha value is -1.32. The Labute approximate surface area is 122 Å². The van der Waals surface area contributed by atoms with Crippen LogP contribution < -0.4 is 0 Å². The molecule has 116 valence electrons. The molecule has 4 heteroatoms. The van der Waals surface area contributed by atoms with Crippen LogP contribution in [0, 0.1) is 0 Å². The maximum Gasteiger partial charge on any atom is 0.306 e. The number of ether oxygens (including phenoxy) is 2. The molecular weight excluding hydrogens is 256 g/mol. The minimum Gasteiger partial charge on any atom is -0.466 e. The summed E-state index contributed by atoms with van der Waals surface area (Å²) >= 11 is 0. The Bertz CT molecular complexity index is 286. The molecule has 0 aromatic carbocycles. The van der Waals surface area contributed by atoms with Gasteiger partial charge in [0.25, 0.3) is 0 Å². The van der Waals surface area contributed by atoms with Crippen molar-refractivity contribution in [1.82, 2.24) is 0 Å². The van der Waals surface area contributed by atoms with E-state index in [0.29, 0.717) is 38.7 Å². The van der Waals surface area contributed by atoms with Gasteiger partial charge in [-0.25, -0.2) is 0 Å². The molecule has 0 aliphatic rings. The van der Waals surface area contributed by atoms with Crippen molar-refractivity contribution >= 4 is 11.9 Å². The molecule has 0 saturated heterocycles. The molecular formula is C16H28O4. The first-order chi connectivity index (χ1) is 9.60. The van der Waals surface area contributed by atoms with Crippen LogP contribution in [-0.4, -0.2) is 24.6 Å². The maximum atomic E-state index is 11.4. The van der Waals surface area contributed by atoms with Crippen LogP contribution in [0.15, 0.2) is 12.7 Å². The second kappa shape index (κ2) is 12.7. The van der Waals surface area contributed by atoms with Crippen LogP contribution in [0.3, 0.4) is 0 Å². The third kappa shape index (κ3) is 11.8. The number of esters is 2. The predicted molar refractivity (Wildman–Crippen MR) is 79.3 cm³/mol. The number of hydrogen-bond acceptors (Lipinski definition) is 4. The normalized spacial score (nSPS) is 11.7. The summed E-state index contributed by atoms with van der Waals surface area (Å²) in [6.45, 7) is 8.05. The van der Waals surface area contributed by atoms with Crippen molar-refractivity contribution in [3.63, 3.8) is 0 Å². The third-order valence-corrected chi connectivity index (χ3v) is 2.85. The van der Waals surface area contributed by atoms with Gasteiger partial charge in [0, 0.05) is 19.3 Å². The van der Waals surface area contributed by atoms with E-state index in [9.17, 15) is 9.59 Å². The van der Waals surface area contributed by atoms with Gasteiger partial charge in [0.15, 0.2) is 0 Å². The van der Waals surface area contributed by atoms with Gasteiger partial charge < -0.3 is 9.47 Å². The van der Waals surface area contributed by atoms with E-state index in [-0.39, 0.29) is 18.0 Å². The van der Waals surface area contributed by atoms with Crippen LogP contribution in [0.5, 0.6) is 0 Å². The summed E-state index contributed by atoms with van der Waals surface area (Å²) in [7, 11) is 0. The first-order valence-electron chi connectivity index (χ1n) is 7.56. The van der Waals surface area contributed by atoms with Gasteiger partial charge in [-0.05, 0) is 26.2 Å². The van der Waals surface area contributed by atoms with Crippen molar-refractivity contribution < 1.29 is 19.1 Å². The van der Waals surface area contributed by atoms with Crippen molar-refractivity contribution in [2.45, 2.75) is 71.3 Å². The van der Waals surface area contributed by atoms with Crippen LogP contribution in [0.1, 0.15) is 65.2 Å². The fraction of sp³-hybridized carbons (Fsp3) is 0.750. The highest BCUT2D eigenvalue weighted by Gasteiger charge is 2.09. The number of carbonyl (C=O) groups is 2. The lowest BCUT2D eigenvalue weighted by atomic mass is 10.2. The van der Waals surface area contributed by atoms with E-state index in [1.807, 2.05) is 6.92 Å². The van der Waals surface area contributed by atoms with Crippen LogP contribution in [0.25, 0.3) is 0 Å². The SMILES string of the molecule is C=CCC(C)OC(=O)CCCCC(=O)OCCCCC. The topological polar surface area (TPSA) is 52.6 Å². The van der Waals surface area contributed by atoms with Gasteiger partial charge in [-0.2, -0.15) is 0 Å². The standard InChI is InChI=1S/C16H28O4/c1-4-6-9-13-19-15(17)11-7-8-12-16(18)20-14(3)10-5-2/h5,14H,2,4,6-13H2,1,3H3. The van der Waals surface area contributed by atoms with Crippen LogP contribution >= 0.6 is 0 Å². The van der Waals surface area contributed by atoms with E-state index in [4.69, 9.17) is 9.47 Å². The van der Waals surface area contributed by atoms with Crippen molar-refractivity contribution in [1.29, 1.82) is 0 Å². The summed E-state index contributed by atoms with van der Waals surface area (Å²) in [5.41, 5.74) is 0. The summed E-state index contributed by atoms with van der Waals surface area (Å²) in [6, 6.07) is 0. The van der Waals surface area contributed by atoms with Crippen molar-refractivity contribution in [2.75, 3.05) is 6.61 Å². The molecule has 0 aliphatic heterocycles. The Balaban J connectivity index is 3.48. The van der Waals surface area contributed by atoms with Crippen molar-refractivity contribution in [3.05, 3.63) is 12.7 Å². The van der Waals surface area contributed by atoms with E-state index in [1.165, 1.54) is 0 Å². The summed E-state index contributed by atoms with van der Waals surface area (Å²) in [4.78, 5) is 22.8. The molecule has 0 heterocycles. The fourth-order valence-electron chi connectivity index (χ4n) is 1.72. The fourth-order valence-corrected chi connectivity index (χ4v) is 1.72. The lowest BCUT2D eigenvalue weighted by molar-refractivity contribution is -0.149. The van der Waals surface area contributed by atoms with E-state index in [0.717, 1.165) is 19.3 Å². The average Bonchev–Trinajstić information content (AvgIpc) is 2.40. The Morgan fingerprint density at radius 2 is 1.75 bits per heavy atom. The summed E-state index contributed by atoms with van der Waals surface area (Å²) < 4.78 is 10.2. The molecule has 0 aromatic rings. The third-order valence-electron chi connectivity index (χ3n) is 2.85. The Morgan fingerprint density at radius 3 is 2.35 bits per heavy atom. The minimum absolute atomic E-state index is 0.122. The lowest BCUT2D eigenvalue weighted by Crippen LogP contribution is -2.14. The van der Waals surface area contributed by atoms with Gasteiger partial charge in [0.1, 0.15) is 6.10 Å². The summed E-state index contributed by atoms with van der Waals surface area (Å²) in [5.74, 6) is -0.384. The smallest absolute Gasteiger partial charge is 0.306 e. The Kier molecular flexibility index (Phi) is 11.9. The maximum absolute atomic E-state index is 11.4. The predicted octanol–water partition coefficient (Wildman–Crippen LogP) is 3.79. The van der Waals surface area contributed by atoms with Crippen molar-refractivity contribution in [3.8, 4) is 0 Å². The molecule has 0 aliphatic carbocycles. The molecule has 0 saturated carbocycles. The Morgan fingerprint density at radius 1 is 1.10 bits per heavy atom. The van der Waals surface area contributed by atoms with Crippen LogP contribution in [0.4, 0.5) is 0 Å². The molecule has 0 spiro atoms. The van der Waals surface area contributed by atoms with Gasteiger partial charge in [-0.1, -0.05) is 25.8 Å². The first kappa shape index (κ1) is 18.7. The van der Waals surface area contributed by atoms with Crippen LogP contribution in [0.2, 0.25) is 0 Å². The molecule has 4 nitrogen and oxygen atoms in total. The number of unbranched alkanes of at least 4 members (excludes halogenated alkanes) is 3.